The number of carboxylic acid groups (broad SMARTS) is 4. The molecule has 4 N–H and O–H groups in total. The zero-order valence-corrected chi connectivity index (χ0v) is 10.8. The summed E-state index contributed by atoms with van der Waals surface area (Å²) >= 11 is 0. The number of ether oxygens (including phenoxy) is 2. The molecule has 10 heteroatoms. The second-order valence-electron chi connectivity index (χ2n) is 3.95. The van der Waals surface area contributed by atoms with Gasteiger partial charge in [0.2, 0.25) is 0 Å². The van der Waals surface area contributed by atoms with Gasteiger partial charge in [0.1, 0.15) is 0 Å². The molecule has 0 radical (unpaired) electrons. The van der Waals surface area contributed by atoms with Gasteiger partial charge in [0, 0.05) is 0 Å². The number of hydrogen-bond donors (Lipinski definition) is 4. The van der Waals surface area contributed by atoms with Crippen molar-refractivity contribution in [1.82, 2.24) is 0 Å². The first-order valence-corrected chi connectivity index (χ1v) is 5.32. The van der Waals surface area contributed by atoms with Gasteiger partial charge in [-0.25, -0.2) is 19.2 Å². The molecule has 0 aromatic carbocycles. The van der Waals surface area contributed by atoms with E-state index in [1.54, 1.807) is 0 Å². The SMILES string of the molecule is CC1CC(C)C1.O=C(O)O.O=C(O)O.O=C1OC(=O)O1. The number of cyclic esters (lactones) is 4. The molecule has 0 amide bonds. The monoisotopic (exact) mass is 296 g/mol. The number of hydrogen-bond acceptors (Lipinski definition) is 6. The van der Waals surface area contributed by atoms with Crippen molar-refractivity contribution in [2.24, 2.45) is 11.8 Å². The summed E-state index contributed by atoms with van der Waals surface area (Å²) in [5, 5.41) is 27.9. The van der Waals surface area contributed by atoms with E-state index in [1.807, 2.05) is 0 Å². The van der Waals surface area contributed by atoms with Gasteiger partial charge in [0.05, 0.1) is 0 Å². The molecule has 0 bridgehead atoms. The van der Waals surface area contributed by atoms with Gasteiger partial charge in [-0.05, 0) is 24.7 Å². The Morgan fingerprint density at radius 1 is 0.850 bits per heavy atom. The van der Waals surface area contributed by atoms with Crippen LogP contribution in [0.2, 0.25) is 0 Å². The van der Waals surface area contributed by atoms with E-state index in [4.69, 9.17) is 30.0 Å². The lowest BCUT2D eigenvalue weighted by molar-refractivity contribution is 0.00673. The van der Waals surface area contributed by atoms with Crippen molar-refractivity contribution in [3.05, 3.63) is 0 Å². The minimum Gasteiger partial charge on any atom is -0.450 e. The minimum atomic E-state index is -1.83. The standard InChI is InChI=1S/C6H12.C2O4.2CH2O3/c1-5-3-6(2)4-5;3-1-5-2(4)6-1;2*2-1(3)4/h5-6H,3-4H2,1-2H3;;2*(H2,2,3,4). The van der Waals surface area contributed by atoms with Crippen molar-refractivity contribution in [3.8, 4) is 0 Å². The molecule has 116 valence electrons. The first kappa shape index (κ1) is 19.8. The second-order valence-corrected chi connectivity index (χ2v) is 3.95. The molecule has 0 spiro atoms. The minimum absolute atomic E-state index is 0.917. The van der Waals surface area contributed by atoms with Crippen LogP contribution in [0.25, 0.3) is 0 Å². The van der Waals surface area contributed by atoms with E-state index in [-0.39, 0.29) is 0 Å². The Morgan fingerprint density at radius 2 is 1.05 bits per heavy atom. The van der Waals surface area contributed by atoms with Crippen LogP contribution in [0.5, 0.6) is 0 Å². The van der Waals surface area contributed by atoms with E-state index < -0.39 is 24.6 Å². The zero-order valence-electron chi connectivity index (χ0n) is 10.8. The number of carbonyl (C=O) groups is 4. The molecule has 0 atom stereocenters. The molecule has 20 heavy (non-hydrogen) atoms. The van der Waals surface area contributed by atoms with Gasteiger partial charge in [-0.3, -0.25) is 0 Å². The Morgan fingerprint density at radius 3 is 1.05 bits per heavy atom. The Labute approximate surface area is 113 Å². The highest BCUT2D eigenvalue weighted by molar-refractivity contribution is 5.93. The van der Waals surface area contributed by atoms with E-state index in [0.29, 0.717) is 0 Å². The van der Waals surface area contributed by atoms with Crippen molar-refractivity contribution in [2.75, 3.05) is 0 Å². The maximum atomic E-state index is 9.44. The fourth-order valence-corrected chi connectivity index (χ4v) is 1.45. The molecule has 1 saturated carbocycles. The third kappa shape index (κ3) is 17.9. The maximum absolute atomic E-state index is 9.44. The molecule has 2 rings (SSSR count). The number of carbonyl (C=O) groups excluding carboxylic acids is 2. The van der Waals surface area contributed by atoms with E-state index in [0.717, 1.165) is 11.8 Å². The summed E-state index contributed by atoms with van der Waals surface area (Å²) in [6.07, 6.45) is -2.56. The third-order valence-electron chi connectivity index (χ3n) is 1.94. The average Bonchev–Trinajstić information content (AvgIpc) is 2.13. The van der Waals surface area contributed by atoms with Crippen LogP contribution in [-0.4, -0.2) is 45.0 Å². The van der Waals surface area contributed by atoms with Crippen LogP contribution in [0.3, 0.4) is 0 Å². The van der Waals surface area contributed by atoms with Crippen molar-refractivity contribution >= 4 is 24.6 Å². The molecule has 1 saturated heterocycles. The average molecular weight is 296 g/mol. The third-order valence-corrected chi connectivity index (χ3v) is 1.94. The maximum Gasteiger partial charge on any atom is 0.528 e. The van der Waals surface area contributed by atoms with Crippen LogP contribution in [-0.2, 0) is 9.47 Å². The predicted octanol–water partition coefficient (Wildman–Crippen LogP) is 2.77. The van der Waals surface area contributed by atoms with Crippen LogP contribution >= 0.6 is 0 Å². The van der Waals surface area contributed by atoms with Crippen LogP contribution in [0.15, 0.2) is 0 Å². The Kier molecular flexibility index (Phi) is 10.3. The van der Waals surface area contributed by atoms with Gasteiger partial charge in [0.15, 0.2) is 0 Å². The van der Waals surface area contributed by atoms with Crippen molar-refractivity contribution in [3.63, 3.8) is 0 Å². The van der Waals surface area contributed by atoms with Crippen molar-refractivity contribution in [2.45, 2.75) is 26.7 Å². The summed E-state index contributed by atoms with van der Waals surface area (Å²) in [6.45, 7) is 4.64. The van der Waals surface area contributed by atoms with Gasteiger partial charge < -0.3 is 29.9 Å². The van der Waals surface area contributed by atoms with Crippen LogP contribution in [0.1, 0.15) is 26.7 Å². The first-order valence-electron chi connectivity index (χ1n) is 5.32. The summed E-state index contributed by atoms with van der Waals surface area (Å²) < 4.78 is 7.28. The van der Waals surface area contributed by atoms with Crippen molar-refractivity contribution in [1.29, 1.82) is 0 Å². The summed E-state index contributed by atoms with van der Waals surface area (Å²) in [7, 11) is 0. The van der Waals surface area contributed by atoms with Crippen LogP contribution < -0.4 is 0 Å². The molecular weight excluding hydrogens is 280 g/mol. The van der Waals surface area contributed by atoms with Gasteiger partial charge in [-0.2, -0.15) is 0 Å². The van der Waals surface area contributed by atoms with Crippen molar-refractivity contribution < 1.29 is 49.1 Å². The highest BCUT2D eigenvalue weighted by Crippen LogP contribution is 2.31. The molecule has 2 aliphatic rings. The second kappa shape index (κ2) is 10.4. The first-order chi connectivity index (χ1) is 9.04. The molecule has 0 aromatic rings. The molecule has 0 unspecified atom stereocenters. The van der Waals surface area contributed by atoms with E-state index in [9.17, 15) is 9.59 Å². The molecule has 0 aromatic heterocycles. The topological polar surface area (TPSA) is 168 Å². The molecule has 1 aliphatic carbocycles. The van der Waals surface area contributed by atoms with E-state index in [1.165, 1.54) is 12.8 Å². The Balaban J connectivity index is 0. The lowest BCUT2D eigenvalue weighted by atomic mass is 9.78. The Hall–Kier alpha value is -2.52. The number of rotatable bonds is 0. The molecule has 1 aliphatic heterocycles. The quantitative estimate of drug-likeness (QED) is 0.385. The largest absolute Gasteiger partial charge is 0.528 e. The lowest BCUT2D eigenvalue weighted by Gasteiger charge is -2.28. The summed E-state index contributed by atoms with van der Waals surface area (Å²) in [5.41, 5.74) is 0. The van der Waals surface area contributed by atoms with E-state index in [2.05, 4.69) is 23.3 Å². The molecule has 1 heterocycles. The van der Waals surface area contributed by atoms with Gasteiger partial charge in [-0.15, -0.1) is 0 Å². The van der Waals surface area contributed by atoms with Gasteiger partial charge >= 0.3 is 24.6 Å². The van der Waals surface area contributed by atoms with E-state index >= 15 is 0 Å². The summed E-state index contributed by atoms with van der Waals surface area (Å²) in [4.78, 5) is 36.0. The zero-order chi connectivity index (χ0) is 16.3. The van der Waals surface area contributed by atoms with Gasteiger partial charge in [-0.1, -0.05) is 13.8 Å². The van der Waals surface area contributed by atoms with Crippen LogP contribution in [0, 0.1) is 11.8 Å². The summed E-state index contributed by atoms with van der Waals surface area (Å²) in [5.74, 6) is 2.08. The highest BCUT2D eigenvalue weighted by atomic mass is 16.9. The lowest BCUT2D eigenvalue weighted by Crippen LogP contribution is -2.27. The molecular formula is C10H16O10. The fraction of sp³-hybridized carbons (Fsp3) is 0.600. The molecule has 2 fully saturated rings. The van der Waals surface area contributed by atoms with Crippen LogP contribution in [0.4, 0.5) is 19.2 Å². The normalized spacial score (nSPS) is 21.3. The Bertz CT molecular complexity index is 296. The molecule has 10 nitrogen and oxygen atoms in total. The van der Waals surface area contributed by atoms with Gasteiger partial charge in [0.25, 0.3) is 0 Å². The smallest absolute Gasteiger partial charge is 0.450 e. The predicted molar refractivity (Wildman–Crippen MR) is 61.8 cm³/mol. The highest BCUT2D eigenvalue weighted by Gasteiger charge is 2.27. The summed E-state index contributed by atoms with van der Waals surface area (Å²) in [6, 6.07) is 0. The fourth-order valence-electron chi connectivity index (χ4n) is 1.45.